The van der Waals surface area contributed by atoms with E-state index in [1.54, 1.807) is 42.5 Å². The van der Waals surface area contributed by atoms with Gasteiger partial charge in [-0.3, -0.25) is 9.59 Å². The second-order valence-electron chi connectivity index (χ2n) is 9.52. The number of carboxylic acids is 1. The highest BCUT2D eigenvalue weighted by atomic mass is 16.5. The van der Waals surface area contributed by atoms with E-state index in [-0.39, 0.29) is 17.9 Å². The maximum Gasteiger partial charge on any atom is 0.335 e. The van der Waals surface area contributed by atoms with Crippen molar-refractivity contribution >= 4 is 35.6 Å². The number of carbonyl (C=O) groups is 4. The molecule has 3 aromatic carbocycles. The van der Waals surface area contributed by atoms with Crippen molar-refractivity contribution in [2.75, 3.05) is 18.5 Å². The number of amides is 4. The first-order valence-electron chi connectivity index (χ1n) is 13.2. The Morgan fingerprint density at radius 3 is 2.40 bits per heavy atom. The zero-order valence-electron chi connectivity index (χ0n) is 23.3. The number of ether oxygens (including phenoxy) is 2. The Balaban J connectivity index is 1.53. The van der Waals surface area contributed by atoms with E-state index < -0.39 is 30.4 Å². The van der Waals surface area contributed by atoms with Gasteiger partial charge >= 0.3 is 12.0 Å². The summed E-state index contributed by atoms with van der Waals surface area (Å²) in [7, 11) is 0. The first-order chi connectivity index (χ1) is 20.2. The largest absolute Gasteiger partial charge is 0.490 e. The monoisotopic (exact) mass is 569 g/mol. The van der Waals surface area contributed by atoms with Crippen molar-refractivity contribution in [3.05, 3.63) is 107 Å². The summed E-state index contributed by atoms with van der Waals surface area (Å²) in [6.07, 6.45) is 3.64. The lowest BCUT2D eigenvalue weighted by molar-refractivity contribution is -0.127. The van der Waals surface area contributed by atoms with Gasteiger partial charge in [0.15, 0.2) is 11.5 Å². The minimum absolute atomic E-state index is 0.0160. The number of nitrogens with zero attached hydrogens (tertiary/aromatic N) is 1. The second kappa shape index (κ2) is 13.3. The average Bonchev–Trinajstić information content (AvgIpc) is 3.21. The van der Waals surface area contributed by atoms with Crippen molar-refractivity contribution in [3.8, 4) is 11.5 Å². The van der Waals surface area contributed by atoms with Crippen molar-refractivity contribution < 1.29 is 33.8 Å². The molecule has 1 aliphatic rings. The van der Waals surface area contributed by atoms with E-state index in [4.69, 9.17) is 14.6 Å². The number of hydrogen-bond donors (Lipinski definition) is 3. The summed E-state index contributed by atoms with van der Waals surface area (Å²) < 4.78 is 12.0. The van der Waals surface area contributed by atoms with Crippen LogP contribution in [0.25, 0.3) is 6.08 Å². The van der Waals surface area contributed by atoms with E-state index in [0.717, 1.165) is 21.6 Å². The number of hydrogen-bond acceptors (Lipinski definition) is 6. The summed E-state index contributed by atoms with van der Waals surface area (Å²) in [5, 5.41) is 14.3. The Morgan fingerprint density at radius 1 is 1.05 bits per heavy atom. The van der Waals surface area contributed by atoms with Crippen LogP contribution in [0.2, 0.25) is 0 Å². The molecule has 0 spiro atoms. The molecule has 10 nitrogen and oxygen atoms in total. The molecule has 0 atom stereocenters. The molecule has 1 heterocycles. The molecule has 0 radical (unpaired) electrons. The fourth-order valence-electron chi connectivity index (χ4n) is 4.26. The van der Waals surface area contributed by atoms with Crippen LogP contribution in [0.3, 0.4) is 0 Å². The van der Waals surface area contributed by atoms with Gasteiger partial charge in [0, 0.05) is 11.3 Å². The summed E-state index contributed by atoms with van der Waals surface area (Å²) >= 11 is 0. The Morgan fingerprint density at radius 2 is 1.76 bits per heavy atom. The predicted octanol–water partition coefficient (Wildman–Crippen LogP) is 4.93. The molecule has 0 aromatic heterocycles. The van der Waals surface area contributed by atoms with Gasteiger partial charge in [0.25, 0.3) is 5.91 Å². The molecule has 1 saturated heterocycles. The van der Waals surface area contributed by atoms with E-state index in [2.05, 4.69) is 17.2 Å². The molecule has 0 aliphatic carbocycles. The third-order valence-corrected chi connectivity index (χ3v) is 6.31. The minimum Gasteiger partial charge on any atom is -0.490 e. The SMILES string of the molecule is C=CCc1cc(/C=C2/NC(=O)N(CC(=O)Nc3ccc(C)cc3)C2=O)cc(OCC)c1OCc1ccc(C(=O)O)cc1. The van der Waals surface area contributed by atoms with Crippen LogP contribution in [0, 0.1) is 6.92 Å². The number of allylic oxidation sites excluding steroid dienone is 1. The quantitative estimate of drug-likeness (QED) is 0.160. The number of aryl methyl sites for hydroxylation is 1. The van der Waals surface area contributed by atoms with Crippen LogP contribution >= 0.6 is 0 Å². The van der Waals surface area contributed by atoms with Crippen LogP contribution in [0.5, 0.6) is 11.5 Å². The van der Waals surface area contributed by atoms with Gasteiger partial charge in [-0.2, -0.15) is 0 Å². The van der Waals surface area contributed by atoms with Gasteiger partial charge in [-0.15, -0.1) is 6.58 Å². The van der Waals surface area contributed by atoms with Crippen LogP contribution in [0.4, 0.5) is 10.5 Å². The average molecular weight is 570 g/mol. The van der Waals surface area contributed by atoms with Crippen LogP contribution in [0.15, 0.2) is 79.0 Å². The fourth-order valence-corrected chi connectivity index (χ4v) is 4.26. The molecule has 42 heavy (non-hydrogen) atoms. The molecular formula is C32H31N3O7. The summed E-state index contributed by atoms with van der Waals surface area (Å²) in [4.78, 5) is 50.1. The third-order valence-electron chi connectivity index (χ3n) is 6.31. The van der Waals surface area contributed by atoms with Crippen molar-refractivity contribution in [2.45, 2.75) is 26.9 Å². The molecule has 0 unspecified atom stereocenters. The highest BCUT2D eigenvalue weighted by molar-refractivity contribution is 6.16. The number of imide groups is 1. The number of urea groups is 1. The number of anilines is 1. The fraction of sp³-hybridized carbons (Fsp3) is 0.188. The van der Waals surface area contributed by atoms with Gasteiger partial charge in [-0.1, -0.05) is 35.9 Å². The van der Waals surface area contributed by atoms with Crippen molar-refractivity contribution in [1.82, 2.24) is 10.2 Å². The molecule has 3 N–H and O–H groups in total. The molecule has 3 aromatic rings. The van der Waals surface area contributed by atoms with Gasteiger partial charge in [-0.05, 0) is 73.9 Å². The Kier molecular flexibility index (Phi) is 9.39. The first kappa shape index (κ1) is 29.6. The van der Waals surface area contributed by atoms with Gasteiger partial charge in [-0.25, -0.2) is 14.5 Å². The lowest BCUT2D eigenvalue weighted by Gasteiger charge is -2.17. The van der Waals surface area contributed by atoms with Crippen molar-refractivity contribution in [3.63, 3.8) is 0 Å². The maximum absolute atomic E-state index is 13.1. The van der Waals surface area contributed by atoms with Crippen LogP contribution in [-0.2, 0) is 22.6 Å². The zero-order valence-corrected chi connectivity index (χ0v) is 23.3. The number of rotatable bonds is 12. The maximum atomic E-state index is 13.1. The Labute approximate surface area is 243 Å². The van der Waals surface area contributed by atoms with E-state index in [1.165, 1.54) is 18.2 Å². The lowest BCUT2D eigenvalue weighted by atomic mass is 10.0. The van der Waals surface area contributed by atoms with Crippen LogP contribution in [0.1, 0.15) is 39.5 Å². The second-order valence-corrected chi connectivity index (χ2v) is 9.52. The van der Waals surface area contributed by atoms with Gasteiger partial charge in [0.2, 0.25) is 5.91 Å². The Bertz CT molecular complexity index is 1540. The van der Waals surface area contributed by atoms with Gasteiger partial charge in [0.1, 0.15) is 18.8 Å². The molecule has 4 rings (SSSR count). The lowest BCUT2D eigenvalue weighted by Crippen LogP contribution is -2.38. The predicted molar refractivity (Wildman–Crippen MR) is 157 cm³/mol. The summed E-state index contributed by atoms with van der Waals surface area (Å²) in [6.45, 7) is 7.64. The third kappa shape index (κ3) is 7.22. The highest BCUT2D eigenvalue weighted by Crippen LogP contribution is 2.35. The summed E-state index contributed by atoms with van der Waals surface area (Å²) in [6, 6.07) is 16.3. The highest BCUT2D eigenvalue weighted by Gasteiger charge is 2.35. The topological polar surface area (TPSA) is 134 Å². The zero-order chi connectivity index (χ0) is 30.2. The van der Waals surface area contributed by atoms with Crippen LogP contribution < -0.4 is 20.1 Å². The van der Waals surface area contributed by atoms with E-state index in [9.17, 15) is 19.2 Å². The first-order valence-corrected chi connectivity index (χ1v) is 13.2. The molecule has 1 aliphatic heterocycles. The number of nitrogens with one attached hydrogen (secondary N) is 2. The smallest absolute Gasteiger partial charge is 0.335 e. The molecule has 10 heteroatoms. The summed E-state index contributed by atoms with van der Waals surface area (Å²) in [5.41, 5.74) is 3.86. The normalized spacial score (nSPS) is 13.6. The molecule has 0 saturated carbocycles. The minimum atomic E-state index is -1.01. The van der Waals surface area contributed by atoms with Crippen LogP contribution in [-0.4, -0.2) is 47.0 Å². The van der Waals surface area contributed by atoms with E-state index >= 15 is 0 Å². The van der Waals surface area contributed by atoms with Crippen molar-refractivity contribution in [2.24, 2.45) is 0 Å². The number of carbonyl (C=O) groups excluding carboxylic acids is 3. The molecule has 4 amide bonds. The number of benzene rings is 3. The van der Waals surface area contributed by atoms with Gasteiger partial charge < -0.3 is 25.2 Å². The summed E-state index contributed by atoms with van der Waals surface area (Å²) in [5.74, 6) is -1.24. The van der Waals surface area contributed by atoms with Crippen molar-refractivity contribution in [1.29, 1.82) is 0 Å². The standard InChI is InChI=1S/C32H31N3O7/c1-4-6-24-15-22(17-27(41-5-2)29(24)42-19-21-9-11-23(12-10-21)31(38)39)16-26-30(37)35(32(40)34-26)18-28(36)33-25-13-7-20(3)8-14-25/h4,7-17H,1,5-6,18-19H2,2-3H3,(H,33,36)(H,34,40)(H,38,39)/b26-16+. The number of aromatic carboxylic acids is 1. The molecular weight excluding hydrogens is 538 g/mol. The molecule has 216 valence electrons. The van der Waals surface area contributed by atoms with E-state index in [1.807, 2.05) is 26.0 Å². The Hall–Kier alpha value is -5.38. The molecule has 0 bridgehead atoms. The van der Waals surface area contributed by atoms with Gasteiger partial charge in [0.05, 0.1) is 12.2 Å². The molecule has 1 fully saturated rings. The van der Waals surface area contributed by atoms with E-state index in [0.29, 0.717) is 35.8 Å². The number of carboxylic acid groups (broad SMARTS) is 1.